The second kappa shape index (κ2) is 5.21. The summed E-state index contributed by atoms with van der Waals surface area (Å²) >= 11 is 3.45. The Morgan fingerprint density at radius 3 is 2.75 bits per heavy atom. The monoisotopic (exact) mass is 383 g/mol. The van der Waals surface area contributed by atoms with Crippen LogP contribution in [0, 0.1) is 0 Å². The zero-order chi connectivity index (χ0) is 16.9. The summed E-state index contributed by atoms with van der Waals surface area (Å²) in [5.41, 5.74) is 1.34. The van der Waals surface area contributed by atoms with E-state index in [0.29, 0.717) is 23.4 Å². The quantitative estimate of drug-likeness (QED) is 0.783. The van der Waals surface area contributed by atoms with Gasteiger partial charge in [0.2, 0.25) is 5.66 Å². The molecule has 1 spiro atoms. The van der Waals surface area contributed by atoms with Crippen LogP contribution >= 0.6 is 15.9 Å². The molecule has 0 unspecified atom stereocenters. The lowest BCUT2D eigenvalue weighted by Crippen LogP contribution is -2.60. The molecule has 4 rings (SSSR count). The number of anilines is 2. The lowest BCUT2D eigenvalue weighted by atomic mass is 9.96. The summed E-state index contributed by atoms with van der Waals surface area (Å²) in [5, 5.41) is 6.12. The molecule has 0 radical (unpaired) electrons. The van der Waals surface area contributed by atoms with Gasteiger partial charge in [-0.2, -0.15) is 0 Å². The van der Waals surface area contributed by atoms with E-state index in [4.69, 9.17) is 0 Å². The second-order valence-electron chi connectivity index (χ2n) is 5.74. The number of nitrogens with one attached hydrogen (secondary N) is 2. The molecule has 2 amide bonds. The fourth-order valence-electron chi connectivity index (χ4n) is 3.28. The number of amides is 2. The minimum absolute atomic E-state index is 0.224. The van der Waals surface area contributed by atoms with Crippen LogP contribution in [0.4, 0.5) is 11.4 Å². The van der Waals surface area contributed by atoms with E-state index in [-0.39, 0.29) is 11.8 Å². The van der Waals surface area contributed by atoms with Crippen LogP contribution in [0.25, 0.3) is 0 Å². The minimum Gasteiger partial charge on any atom is -0.350 e. The third-order valence-electron chi connectivity index (χ3n) is 4.33. The smallest absolute Gasteiger partial charge is 0.278 e. The standard InChI is InChI=1S/C18H14BrN3O2/c1-2-9-22-15-8-7-11(19)10-13(15)18(17(22)24)20-14-6-4-3-5-12(14)16(23)21-18/h2-8,10,20H,1,9H2,(H,21,23)/t18-/m1/s1. The maximum atomic E-state index is 13.2. The zero-order valence-electron chi connectivity index (χ0n) is 12.7. The van der Waals surface area contributed by atoms with Crippen LogP contribution in [0.2, 0.25) is 0 Å². The van der Waals surface area contributed by atoms with Gasteiger partial charge in [0.05, 0.1) is 11.3 Å². The first-order chi connectivity index (χ1) is 11.6. The summed E-state index contributed by atoms with van der Waals surface area (Å²) in [4.78, 5) is 27.4. The van der Waals surface area contributed by atoms with Gasteiger partial charge >= 0.3 is 0 Å². The van der Waals surface area contributed by atoms with Crippen molar-refractivity contribution in [3.05, 3.63) is 70.7 Å². The third-order valence-corrected chi connectivity index (χ3v) is 4.82. The summed E-state index contributed by atoms with van der Waals surface area (Å²) in [5.74, 6) is -0.498. The molecule has 5 nitrogen and oxygen atoms in total. The number of fused-ring (bicyclic) bond motifs is 3. The highest BCUT2D eigenvalue weighted by Crippen LogP contribution is 2.44. The first-order valence-corrected chi connectivity index (χ1v) is 8.29. The Bertz CT molecular complexity index is 896. The zero-order valence-corrected chi connectivity index (χ0v) is 14.3. The van der Waals surface area contributed by atoms with Crippen molar-refractivity contribution < 1.29 is 9.59 Å². The molecule has 2 N–H and O–H groups in total. The van der Waals surface area contributed by atoms with Crippen molar-refractivity contribution in [3.63, 3.8) is 0 Å². The predicted octanol–water partition coefficient (Wildman–Crippen LogP) is 2.99. The molecule has 0 bridgehead atoms. The van der Waals surface area contributed by atoms with Crippen LogP contribution in [0.15, 0.2) is 59.6 Å². The lowest BCUT2D eigenvalue weighted by Gasteiger charge is -2.36. The first-order valence-electron chi connectivity index (χ1n) is 7.49. The molecule has 0 aliphatic carbocycles. The molecule has 120 valence electrons. The Hall–Kier alpha value is -2.60. The van der Waals surface area contributed by atoms with Gasteiger partial charge in [-0.15, -0.1) is 6.58 Å². The molecular formula is C18H14BrN3O2. The van der Waals surface area contributed by atoms with Gasteiger partial charge < -0.3 is 15.5 Å². The number of halogens is 1. The predicted molar refractivity (Wildman–Crippen MR) is 95.9 cm³/mol. The van der Waals surface area contributed by atoms with Crippen molar-refractivity contribution >= 4 is 39.1 Å². The fraction of sp³-hybridized carbons (Fsp3) is 0.111. The van der Waals surface area contributed by atoms with Crippen LogP contribution < -0.4 is 15.5 Å². The highest BCUT2D eigenvalue weighted by Gasteiger charge is 2.54. The number of hydrogen-bond acceptors (Lipinski definition) is 3. The van der Waals surface area contributed by atoms with Crippen molar-refractivity contribution in [2.75, 3.05) is 16.8 Å². The van der Waals surface area contributed by atoms with Gasteiger partial charge in [0.1, 0.15) is 0 Å². The van der Waals surface area contributed by atoms with Crippen molar-refractivity contribution in [1.82, 2.24) is 5.32 Å². The fourth-order valence-corrected chi connectivity index (χ4v) is 3.65. The Balaban J connectivity index is 1.93. The van der Waals surface area contributed by atoms with Gasteiger partial charge in [-0.1, -0.05) is 34.1 Å². The van der Waals surface area contributed by atoms with Crippen molar-refractivity contribution in [1.29, 1.82) is 0 Å². The van der Waals surface area contributed by atoms with Crippen LogP contribution in [0.1, 0.15) is 15.9 Å². The van der Waals surface area contributed by atoms with E-state index in [1.807, 2.05) is 24.3 Å². The van der Waals surface area contributed by atoms with Crippen molar-refractivity contribution in [2.45, 2.75) is 5.66 Å². The average Bonchev–Trinajstić information content (AvgIpc) is 2.78. The van der Waals surface area contributed by atoms with E-state index in [2.05, 4.69) is 33.1 Å². The Kier molecular flexibility index (Phi) is 3.25. The molecular weight excluding hydrogens is 370 g/mol. The molecule has 2 aliphatic heterocycles. The van der Waals surface area contributed by atoms with Crippen LogP contribution in [-0.2, 0) is 10.5 Å². The maximum Gasteiger partial charge on any atom is 0.278 e. The van der Waals surface area contributed by atoms with Crippen molar-refractivity contribution in [3.8, 4) is 0 Å². The van der Waals surface area contributed by atoms with Gasteiger partial charge in [0.15, 0.2) is 0 Å². The van der Waals surface area contributed by atoms with Crippen molar-refractivity contribution in [2.24, 2.45) is 0 Å². The first kappa shape index (κ1) is 15.0. The van der Waals surface area contributed by atoms with E-state index < -0.39 is 5.66 Å². The molecule has 0 aromatic heterocycles. The Morgan fingerprint density at radius 1 is 1.17 bits per heavy atom. The SMILES string of the molecule is C=CCN1C(=O)[C@]2(NC(=O)c3ccccc3N2)c2cc(Br)ccc21. The number of para-hydroxylation sites is 1. The van der Waals surface area contributed by atoms with E-state index in [9.17, 15) is 9.59 Å². The van der Waals surface area contributed by atoms with Gasteiger partial charge in [-0.3, -0.25) is 9.59 Å². The van der Waals surface area contributed by atoms with Gasteiger partial charge in [-0.25, -0.2) is 0 Å². The van der Waals surface area contributed by atoms with Crippen LogP contribution in [0.3, 0.4) is 0 Å². The minimum atomic E-state index is -1.30. The van der Waals surface area contributed by atoms with Crippen LogP contribution in [0.5, 0.6) is 0 Å². The van der Waals surface area contributed by atoms with Crippen LogP contribution in [-0.4, -0.2) is 18.4 Å². The van der Waals surface area contributed by atoms with E-state index in [1.165, 1.54) is 0 Å². The molecule has 0 fully saturated rings. The van der Waals surface area contributed by atoms with E-state index in [1.54, 1.807) is 29.2 Å². The average molecular weight is 384 g/mol. The number of nitrogens with zero attached hydrogens (tertiary/aromatic N) is 1. The number of rotatable bonds is 2. The summed E-state index contributed by atoms with van der Waals surface area (Å²) < 4.78 is 0.837. The normalized spacial score (nSPS) is 21.1. The summed E-state index contributed by atoms with van der Waals surface area (Å²) in [6.07, 6.45) is 1.67. The largest absolute Gasteiger partial charge is 0.350 e. The maximum absolute atomic E-state index is 13.2. The third kappa shape index (κ3) is 1.93. The number of hydrogen-bond donors (Lipinski definition) is 2. The second-order valence-corrected chi connectivity index (χ2v) is 6.66. The summed E-state index contributed by atoms with van der Waals surface area (Å²) in [7, 11) is 0. The highest BCUT2D eigenvalue weighted by molar-refractivity contribution is 9.10. The molecule has 0 saturated heterocycles. The number of carbonyl (C=O) groups is 2. The van der Waals surface area contributed by atoms with Gasteiger partial charge in [0.25, 0.3) is 11.8 Å². The van der Waals surface area contributed by atoms with E-state index in [0.717, 1.165) is 10.2 Å². The number of benzene rings is 2. The Labute approximate surface area is 147 Å². The van der Waals surface area contributed by atoms with Gasteiger partial charge in [-0.05, 0) is 30.3 Å². The summed E-state index contributed by atoms with van der Waals surface area (Å²) in [6.45, 7) is 4.09. The number of carbonyl (C=O) groups excluding carboxylic acids is 2. The molecule has 2 aromatic carbocycles. The summed E-state index contributed by atoms with van der Waals surface area (Å²) in [6, 6.07) is 12.8. The Morgan fingerprint density at radius 2 is 1.96 bits per heavy atom. The highest BCUT2D eigenvalue weighted by atomic mass is 79.9. The molecule has 2 aromatic rings. The molecule has 0 saturated carbocycles. The molecule has 2 heterocycles. The molecule has 1 atom stereocenters. The van der Waals surface area contributed by atoms with E-state index >= 15 is 0 Å². The molecule has 6 heteroatoms. The topological polar surface area (TPSA) is 61.4 Å². The molecule has 2 aliphatic rings. The molecule has 24 heavy (non-hydrogen) atoms. The lowest BCUT2D eigenvalue weighted by molar-refractivity contribution is -0.123. The van der Waals surface area contributed by atoms with Gasteiger partial charge in [0, 0.05) is 22.3 Å².